The van der Waals surface area contributed by atoms with Crippen LogP contribution >= 0.6 is 35.3 Å². The van der Waals surface area contributed by atoms with Gasteiger partial charge in [0.25, 0.3) is 0 Å². The largest absolute Gasteiger partial charge is 0.360 e. The van der Waals surface area contributed by atoms with E-state index in [2.05, 4.69) is 42.9 Å². The number of nitrogens with zero attached hydrogens (tertiary/aromatic N) is 3. The number of piperazine rings is 1. The number of hydrogen-bond donors (Lipinski definition) is 2. The monoisotopic (exact) mass is 485 g/mol. The number of carbonyl (C=O) groups excluding carboxylic acids is 1. The van der Waals surface area contributed by atoms with E-state index in [4.69, 9.17) is 0 Å². The topological polar surface area (TPSA) is 60.0 Å². The van der Waals surface area contributed by atoms with Crippen LogP contribution in [-0.2, 0) is 4.79 Å². The van der Waals surface area contributed by atoms with Crippen LogP contribution in [0.4, 0.5) is 10.7 Å². The summed E-state index contributed by atoms with van der Waals surface area (Å²) in [7, 11) is 1.75. The van der Waals surface area contributed by atoms with Crippen LogP contribution in [-0.4, -0.2) is 56.5 Å². The molecule has 1 saturated heterocycles. The number of thiophene rings is 1. The van der Waals surface area contributed by atoms with Crippen molar-refractivity contribution < 1.29 is 4.79 Å². The second-order valence-corrected chi connectivity index (χ2v) is 6.67. The Morgan fingerprint density at radius 2 is 1.85 bits per heavy atom. The highest BCUT2D eigenvalue weighted by Gasteiger charge is 2.20. The fourth-order valence-corrected chi connectivity index (χ4v) is 3.59. The number of benzene rings is 1. The second kappa shape index (κ2) is 10.4. The molecule has 2 N–H and O–H groups in total. The molecule has 3 rings (SSSR count). The molecule has 26 heavy (non-hydrogen) atoms. The van der Waals surface area contributed by atoms with Crippen LogP contribution in [0.5, 0.6) is 0 Å². The number of anilines is 2. The Bertz CT molecular complexity index is 700. The quantitative estimate of drug-likeness (QED) is 0.398. The first kappa shape index (κ1) is 20.5. The Balaban J connectivity index is 0.00000243. The molecule has 8 heteroatoms. The molecule has 2 heterocycles. The minimum Gasteiger partial charge on any atom is -0.360 e. The van der Waals surface area contributed by atoms with Gasteiger partial charge in [0.15, 0.2) is 5.96 Å². The van der Waals surface area contributed by atoms with E-state index in [0.29, 0.717) is 0 Å². The first-order chi connectivity index (χ1) is 12.3. The summed E-state index contributed by atoms with van der Waals surface area (Å²) in [5.74, 6) is 0.693. The molecule has 140 valence electrons. The van der Waals surface area contributed by atoms with Crippen molar-refractivity contribution in [1.82, 2.24) is 10.2 Å². The van der Waals surface area contributed by atoms with Crippen LogP contribution < -0.4 is 15.5 Å². The number of guanidine groups is 1. The van der Waals surface area contributed by atoms with Crippen molar-refractivity contribution in [1.29, 1.82) is 0 Å². The molecule has 0 aliphatic carbocycles. The Morgan fingerprint density at radius 3 is 2.46 bits per heavy atom. The Morgan fingerprint density at radius 1 is 1.12 bits per heavy atom. The van der Waals surface area contributed by atoms with Crippen molar-refractivity contribution in [2.75, 3.05) is 50.0 Å². The van der Waals surface area contributed by atoms with E-state index in [1.54, 1.807) is 18.4 Å². The van der Waals surface area contributed by atoms with Gasteiger partial charge >= 0.3 is 0 Å². The Kier molecular flexibility index (Phi) is 8.17. The van der Waals surface area contributed by atoms with Crippen LogP contribution in [0.15, 0.2) is 52.8 Å². The van der Waals surface area contributed by atoms with Gasteiger partial charge in [-0.1, -0.05) is 18.2 Å². The molecule has 2 aromatic rings. The fraction of sp³-hybridized carbons (Fsp3) is 0.333. The van der Waals surface area contributed by atoms with E-state index in [0.717, 1.165) is 37.8 Å². The summed E-state index contributed by atoms with van der Waals surface area (Å²) < 4.78 is 0. The molecule has 0 atom stereocenters. The highest BCUT2D eigenvalue weighted by Crippen LogP contribution is 2.22. The van der Waals surface area contributed by atoms with Crippen molar-refractivity contribution in [3.8, 4) is 0 Å². The molecule has 6 nitrogen and oxygen atoms in total. The number of para-hydroxylation sites is 1. The van der Waals surface area contributed by atoms with Gasteiger partial charge in [0, 0.05) is 38.9 Å². The van der Waals surface area contributed by atoms with Gasteiger partial charge < -0.3 is 20.4 Å². The number of halogens is 1. The summed E-state index contributed by atoms with van der Waals surface area (Å²) in [4.78, 5) is 21.0. The third kappa shape index (κ3) is 5.60. The summed E-state index contributed by atoms with van der Waals surface area (Å²) in [6, 6.07) is 13.7. The molecule has 1 amide bonds. The number of amides is 1. The average molecular weight is 485 g/mol. The summed E-state index contributed by atoms with van der Waals surface area (Å²) in [6.45, 7) is 3.89. The lowest BCUT2D eigenvalue weighted by molar-refractivity contribution is -0.115. The Labute approximate surface area is 175 Å². The average Bonchev–Trinajstić information content (AvgIpc) is 3.18. The van der Waals surface area contributed by atoms with Gasteiger partial charge in [-0.3, -0.25) is 9.79 Å². The smallest absolute Gasteiger partial charge is 0.243 e. The number of rotatable bonds is 4. The maximum absolute atomic E-state index is 12.1. The third-order valence-electron chi connectivity index (χ3n) is 4.07. The summed E-state index contributed by atoms with van der Waals surface area (Å²) in [5.41, 5.74) is 0.800. The van der Waals surface area contributed by atoms with E-state index in [1.165, 1.54) is 5.00 Å². The molecule has 1 aliphatic heterocycles. The normalized spacial score (nSPS) is 14.6. The van der Waals surface area contributed by atoms with Gasteiger partial charge in [0.05, 0.1) is 11.5 Å². The fourth-order valence-electron chi connectivity index (χ4n) is 2.81. The van der Waals surface area contributed by atoms with Crippen molar-refractivity contribution in [2.24, 2.45) is 4.99 Å². The highest BCUT2D eigenvalue weighted by atomic mass is 127. The molecular formula is C18H24IN5OS. The second-order valence-electron chi connectivity index (χ2n) is 5.74. The maximum Gasteiger partial charge on any atom is 0.243 e. The van der Waals surface area contributed by atoms with Crippen LogP contribution in [0, 0.1) is 0 Å². The molecule has 1 aliphatic rings. The third-order valence-corrected chi connectivity index (χ3v) is 5.00. The van der Waals surface area contributed by atoms with Gasteiger partial charge in [-0.25, -0.2) is 0 Å². The number of hydrogen-bond acceptors (Lipinski definition) is 4. The van der Waals surface area contributed by atoms with Crippen molar-refractivity contribution in [3.63, 3.8) is 0 Å². The molecule has 0 spiro atoms. The first-order valence-electron chi connectivity index (χ1n) is 8.35. The minimum absolute atomic E-state index is 0. The summed E-state index contributed by atoms with van der Waals surface area (Å²) >= 11 is 1.77. The van der Waals surface area contributed by atoms with E-state index in [1.807, 2.05) is 30.3 Å². The first-order valence-corrected chi connectivity index (χ1v) is 9.23. The molecule has 0 radical (unpaired) electrons. The van der Waals surface area contributed by atoms with Gasteiger partial charge in [0.2, 0.25) is 5.91 Å². The predicted octanol–water partition coefficient (Wildman–Crippen LogP) is 2.70. The van der Waals surface area contributed by atoms with Crippen LogP contribution in [0.2, 0.25) is 0 Å². The molecule has 0 unspecified atom stereocenters. The van der Waals surface area contributed by atoms with Gasteiger partial charge in [-0.2, -0.15) is 0 Å². The zero-order valence-corrected chi connectivity index (χ0v) is 17.9. The summed E-state index contributed by atoms with van der Waals surface area (Å²) in [5, 5.41) is 9.44. The highest BCUT2D eigenvalue weighted by molar-refractivity contribution is 14.0. The van der Waals surface area contributed by atoms with E-state index in [-0.39, 0.29) is 36.4 Å². The van der Waals surface area contributed by atoms with Gasteiger partial charge in [0.1, 0.15) is 0 Å². The lowest BCUT2D eigenvalue weighted by Gasteiger charge is -2.36. The van der Waals surface area contributed by atoms with Crippen LogP contribution in [0.1, 0.15) is 0 Å². The molecule has 1 fully saturated rings. The number of nitrogens with one attached hydrogen (secondary N) is 2. The molecule has 0 bridgehead atoms. The number of carbonyl (C=O) groups is 1. The van der Waals surface area contributed by atoms with Gasteiger partial charge in [-0.05, 0) is 29.6 Å². The predicted molar refractivity (Wildman–Crippen MR) is 120 cm³/mol. The Hall–Kier alpha value is -1.81. The van der Waals surface area contributed by atoms with Crippen molar-refractivity contribution in [3.05, 3.63) is 47.8 Å². The standard InChI is InChI=1S/C18H23N5OS.HI/c1-19-18(20-14-16(24)21-15-6-3-2-4-7-15)23-11-9-22(10-12-23)17-8-5-13-25-17;/h2-8,13H,9-12,14H2,1H3,(H,19,20)(H,21,24);1H. The van der Waals surface area contributed by atoms with E-state index >= 15 is 0 Å². The lowest BCUT2D eigenvalue weighted by Crippen LogP contribution is -2.53. The van der Waals surface area contributed by atoms with Crippen LogP contribution in [0.25, 0.3) is 0 Å². The molecular weight excluding hydrogens is 461 g/mol. The zero-order valence-electron chi connectivity index (χ0n) is 14.7. The summed E-state index contributed by atoms with van der Waals surface area (Å²) in [6.07, 6.45) is 0. The molecule has 1 aromatic heterocycles. The van der Waals surface area contributed by atoms with Gasteiger partial charge in [-0.15, -0.1) is 35.3 Å². The maximum atomic E-state index is 12.1. The molecule has 1 aromatic carbocycles. The SMILES string of the molecule is CN=C(NCC(=O)Nc1ccccc1)N1CCN(c2cccs2)CC1.I. The molecule has 0 saturated carbocycles. The van der Waals surface area contributed by atoms with E-state index in [9.17, 15) is 4.79 Å². The van der Waals surface area contributed by atoms with Crippen molar-refractivity contribution in [2.45, 2.75) is 0 Å². The van der Waals surface area contributed by atoms with E-state index < -0.39 is 0 Å². The van der Waals surface area contributed by atoms with Crippen LogP contribution in [0.3, 0.4) is 0 Å². The number of aliphatic imine (C=N–C) groups is 1. The lowest BCUT2D eigenvalue weighted by atomic mass is 10.3. The minimum atomic E-state index is -0.0791. The van der Waals surface area contributed by atoms with Crippen molar-refractivity contribution >= 4 is 57.9 Å². The zero-order chi connectivity index (χ0) is 17.5.